The summed E-state index contributed by atoms with van der Waals surface area (Å²) in [5.41, 5.74) is 0. The lowest BCUT2D eigenvalue weighted by Crippen LogP contribution is -2.28. The fourth-order valence-electron chi connectivity index (χ4n) is 1.59. The molecule has 6 heteroatoms. The fraction of sp³-hybridized carbons (Fsp3) is 1.00. The Morgan fingerprint density at radius 2 is 1.55 bits per heavy atom. The van der Waals surface area contributed by atoms with Crippen LogP contribution in [0.25, 0.3) is 0 Å². The summed E-state index contributed by atoms with van der Waals surface area (Å²) in [6.45, 7) is 7.73. The van der Waals surface area contributed by atoms with Crippen LogP contribution in [0.4, 0.5) is 0 Å². The van der Waals surface area contributed by atoms with Crippen molar-refractivity contribution in [3.05, 3.63) is 0 Å². The smallest absolute Gasteiger partial charge is 0.181 e. The highest BCUT2D eigenvalue weighted by Gasteiger charge is 2.10. The molecule has 1 atom stereocenters. The van der Waals surface area contributed by atoms with Gasteiger partial charge in [0, 0.05) is 6.61 Å². The number of ether oxygens (including phenoxy) is 6. The zero-order chi connectivity index (χ0) is 14.3. The third-order valence-corrected chi connectivity index (χ3v) is 2.70. The minimum Gasteiger partial charge on any atom is -0.379 e. The molecule has 0 bridgehead atoms. The van der Waals surface area contributed by atoms with Gasteiger partial charge in [-0.05, 0) is 6.42 Å². The van der Waals surface area contributed by atoms with Gasteiger partial charge in [0.1, 0.15) is 0 Å². The second-order valence-electron chi connectivity index (χ2n) is 4.44. The van der Waals surface area contributed by atoms with Crippen molar-refractivity contribution in [2.45, 2.75) is 26.1 Å². The summed E-state index contributed by atoms with van der Waals surface area (Å²) in [7, 11) is 0. The average Bonchev–Trinajstić information content (AvgIpc) is 2.45. The first-order chi connectivity index (χ1) is 9.93. The molecule has 1 aliphatic heterocycles. The van der Waals surface area contributed by atoms with Crippen LogP contribution in [0.1, 0.15) is 19.8 Å². The molecule has 1 saturated heterocycles. The molecule has 0 amide bonds. The van der Waals surface area contributed by atoms with Crippen LogP contribution in [0.3, 0.4) is 0 Å². The van der Waals surface area contributed by atoms with Gasteiger partial charge in [0.25, 0.3) is 0 Å². The van der Waals surface area contributed by atoms with Crippen LogP contribution < -0.4 is 0 Å². The van der Waals surface area contributed by atoms with E-state index in [-0.39, 0.29) is 6.29 Å². The molecule has 1 unspecified atom stereocenters. The van der Waals surface area contributed by atoms with E-state index in [9.17, 15) is 0 Å². The largest absolute Gasteiger partial charge is 0.379 e. The lowest BCUT2D eigenvalue weighted by molar-refractivity contribution is -0.188. The molecular weight excluding hydrogens is 264 g/mol. The maximum atomic E-state index is 5.60. The Morgan fingerprint density at radius 3 is 2.30 bits per heavy atom. The molecule has 0 aliphatic carbocycles. The third kappa shape index (κ3) is 10.5. The highest BCUT2D eigenvalue weighted by molar-refractivity contribution is 4.46. The van der Waals surface area contributed by atoms with Crippen LogP contribution in [0.2, 0.25) is 0 Å². The quantitative estimate of drug-likeness (QED) is 0.658. The van der Waals surface area contributed by atoms with Gasteiger partial charge in [-0.2, -0.15) is 0 Å². The van der Waals surface area contributed by atoms with Gasteiger partial charge in [-0.1, -0.05) is 13.3 Å². The molecule has 0 aromatic carbocycles. The Balaban J connectivity index is 2.08. The van der Waals surface area contributed by atoms with Crippen LogP contribution in [0.5, 0.6) is 0 Å². The molecule has 1 aliphatic rings. The second-order valence-corrected chi connectivity index (χ2v) is 4.44. The molecule has 0 saturated carbocycles. The maximum absolute atomic E-state index is 5.60. The third-order valence-electron chi connectivity index (χ3n) is 2.70. The number of hydrogen-bond donors (Lipinski definition) is 0. The Morgan fingerprint density at radius 1 is 0.850 bits per heavy atom. The first-order valence-corrected chi connectivity index (χ1v) is 7.47. The normalized spacial score (nSPS) is 22.9. The number of rotatable bonds is 7. The summed E-state index contributed by atoms with van der Waals surface area (Å²) in [6.07, 6.45) is 1.86. The molecule has 0 radical (unpaired) electrons. The highest BCUT2D eigenvalue weighted by Crippen LogP contribution is 1.99. The maximum Gasteiger partial charge on any atom is 0.181 e. The Kier molecular flexibility index (Phi) is 12.2. The van der Waals surface area contributed by atoms with Crippen molar-refractivity contribution in [3.63, 3.8) is 0 Å². The summed E-state index contributed by atoms with van der Waals surface area (Å²) in [4.78, 5) is 0. The van der Waals surface area contributed by atoms with Crippen LogP contribution >= 0.6 is 0 Å². The lowest BCUT2D eigenvalue weighted by Gasteiger charge is -2.19. The van der Waals surface area contributed by atoms with E-state index >= 15 is 0 Å². The number of hydrogen-bond acceptors (Lipinski definition) is 6. The Bertz CT molecular complexity index is 190. The van der Waals surface area contributed by atoms with E-state index in [0.717, 1.165) is 19.4 Å². The summed E-state index contributed by atoms with van der Waals surface area (Å²) >= 11 is 0. The monoisotopic (exact) mass is 292 g/mol. The minimum atomic E-state index is -0.368. The molecule has 0 spiro atoms. The SMILES string of the molecule is CCCCOCCOC1COCCOCCOCCO1. The van der Waals surface area contributed by atoms with Crippen molar-refractivity contribution >= 4 is 0 Å². The summed E-state index contributed by atoms with van der Waals surface area (Å²) in [5.74, 6) is 0. The van der Waals surface area contributed by atoms with E-state index in [1.807, 2.05) is 0 Å². The zero-order valence-corrected chi connectivity index (χ0v) is 12.5. The minimum absolute atomic E-state index is 0.368. The van der Waals surface area contributed by atoms with Gasteiger partial charge in [-0.3, -0.25) is 0 Å². The van der Waals surface area contributed by atoms with E-state index in [0.29, 0.717) is 59.5 Å². The molecule has 1 rings (SSSR count). The van der Waals surface area contributed by atoms with E-state index in [1.165, 1.54) is 0 Å². The van der Waals surface area contributed by atoms with Gasteiger partial charge in [0.15, 0.2) is 6.29 Å². The molecule has 0 aromatic heterocycles. The predicted molar refractivity (Wildman–Crippen MR) is 73.9 cm³/mol. The van der Waals surface area contributed by atoms with E-state index in [4.69, 9.17) is 28.4 Å². The van der Waals surface area contributed by atoms with Crippen LogP contribution in [-0.2, 0) is 28.4 Å². The lowest BCUT2D eigenvalue weighted by atomic mass is 10.4. The Hall–Kier alpha value is -0.240. The molecule has 6 nitrogen and oxygen atoms in total. The molecule has 120 valence electrons. The molecule has 1 heterocycles. The standard InChI is InChI=1S/C14H28O6/c1-2-3-4-15-9-11-19-14-13-18-8-7-16-5-6-17-10-12-20-14/h14H,2-13H2,1H3. The molecule has 0 aromatic rings. The van der Waals surface area contributed by atoms with Gasteiger partial charge in [0.05, 0.1) is 59.5 Å². The zero-order valence-electron chi connectivity index (χ0n) is 12.5. The van der Waals surface area contributed by atoms with Gasteiger partial charge in [0.2, 0.25) is 0 Å². The van der Waals surface area contributed by atoms with Gasteiger partial charge >= 0.3 is 0 Å². The predicted octanol–water partition coefficient (Wildman–Crippen LogP) is 1.23. The summed E-state index contributed by atoms with van der Waals surface area (Å²) in [5, 5.41) is 0. The second kappa shape index (κ2) is 13.7. The topological polar surface area (TPSA) is 55.4 Å². The van der Waals surface area contributed by atoms with Crippen molar-refractivity contribution in [1.82, 2.24) is 0 Å². The molecular formula is C14H28O6. The van der Waals surface area contributed by atoms with Crippen molar-refractivity contribution < 1.29 is 28.4 Å². The van der Waals surface area contributed by atoms with Crippen LogP contribution in [0.15, 0.2) is 0 Å². The van der Waals surface area contributed by atoms with E-state index < -0.39 is 0 Å². The van der Waals surface area contributed by atoms with E-state index in [1.54, 1.807) is 0 Å². The first-order valence-electron chi connectivity index (χ1n) is 7.47. The van der Waals surface area contributed by atoms with Crippen molar-refractivity contribution in [2.24, 2.45) is 0 Å². The number of unbranched alkanes of at least 4 members (excludes halogenated alkanes) is 1. The fourth-order valence-corrected chi connectivity index (χ4v) is 1.59. The van der Waals surface area contributed by atoms with Gasteiger partial charge in [-0.25, -0.2) is 0 Å². The molecule has 1 fully saturated rings. The van der Waals surface area contributed by atoms with Crippen molar-refractivity contribution in [2.75, 3.05) is 66.1 Å². The molecule has 20 heavy (non-hydrogen) atoms. The van der Waals surface area contributed by atoms with Gasteiger partial charge < -0.3 is 28.4 Å². The highest BCUT2D eigenvalue weighted by atomic mass is 16.7. The van der Waals surface area contributed by atoms with Gasteiger partial charge in [-0.15, -0.1) is 0 Å². The summed E-state index contributed by atoms with van der Waals surface area (Å²) in [6, 6.07) is 0. The van der Waals surface area contributed by atoms with E-state index in [2.05, 4.69) is 6.92 Å². The first kappa shape index (κ1) is 17.8. The van der Waals surface area contributed by atoms with Crippen LogP contribution in [-0.4, -0.2) is 72.4 Å². The van der Waals surface area contributed by atoms with Crippen molar-refractivity contribution in [3.8, 4) is 0 Å². The Labute approximate surface area is 121 Å². The summed E-state index contributed by atoms with van der Waals surface area (Å²) < 4.78 is 32.7. The van der Waals surface area contributed by atoms with Crippen LogP contribution in [0, 0.1) is 0 Å². The van der Waals surface area contributed by atoms with Crippen molar-refractivity contribution in [1.29, 1.82) is 0 Å². The average molecular weight is 292 g/mol. The molecule has 0 N–H and O–H groups in total.